The number of aromatic hydroxyl groups is 1. The Morgan fingerprint density at radius 2 is 1.83 bits per heavy atom. The van der Waals surface area contributed by atoms with Gasteiger partial charge in [0.25, 0.3) is 0 Å². The molecule has 148 valence electrons. The lowest BCUT2D eigenvalue weighted by atomic mass is 9.93. The average Bonchev–Trinajstić information content (AvgIpc) is 2.74. The molecule has 0 unspecified atom stereocenters. The Bertz CT molecular complexity index is 1050. The van der Waals surface area contributed by atoms with E-state index in [4.69, 9.17) is 9.73 Å². The number of nitrogens with zero attached hydrogens (tertiary/aromatic N) is 1. The number of aryl methyl sites for hydroxylation is 1. The summed E-state index contributed by atoms with van der Waals surface area (Å²) < 4.78 is 6.24. The van der Waals surface area contributed by atoms with Crippen LogP contribution in [0.25, 0.3) is 0 Å². The van der Waals surface area contributed by atoms with Crippen molar-refractivity contribution in [1.82, 2.24) is 5.32 Å². The molecule has 2 N–H and O–H groups in total. The highest BCUT2D eigenvalue weighted by Crippen LogP contribution is 2.36. The molecular weight excluding hydrogens is 428 g/mol. The minimum absolute atomic E-state index is 0.0455. The molecule has 0 aromatic heterocycles. The van der Waals surface area contributed by atoms with E-state index in [1.54, 1.807) is 13.2 Å². The minimum Gasteiger partial charge on any atom is -0.508 e. The van der Waals surface area contributed by atoms with Crippen LogP contribution in [0.15, 0.2) is 76.2 Å². The number of ether oxygens (including phenoxy) is 1. The lowest BCUT2D eigenvalue weighted by Gasteiger charge is -2.31. The number of phenols is 1. The summed E-state index contributed by atoms with van der Waals surface area (Å²) in [6, 6.07) is 21.9. The van der Waals surface area contributed by atoms with Gasteiger partial charge in [0.2, 0.25) is 0 Å². The van der Waals surface area contributed by atoms with Gasteiger partial charge in [0.15, 0.2) is 0 Å². The molecule has 4 nitrogen and oxygen atoms in total. The van der Waals surface area contributed by atoms with Crippen molar-refractivity contribution < 1.29 is 9.84 Å². The Labute approximate surface area is 179 Å². The number of hydrogen-bond acceptors (Lipinski definition) is 4. The summed E-state index contributed by atoms with van der Waals surface area (Å²) in [6.45, 7) is 2.08. The highest BCUT2D eigenvalue weighted by atomic mass is 79.9. The summed E-state index contributed by atoms with van der Waals surface area (Å²) >= 11 is 3.57. The van der Waals surface area contributed by atoms with E-state index in [9.17, 15) is 5.11 Å². The van der Waals surface area contributed by atoms with Gasteiger partial charge in [0, 0.05) is 23.7 Å². The Morgan fingerprint density at radius 3 is 2.52 bits per heavy atom. The molecule has 4 rings (SSSR count). The Hall–Kier alpha value is -2.63. The van der Waals surface area contributed by atoms with Gasteiger partial charge in [0.1, 0.15) is 17.7 Å². The molecule has 0 saturated carbocycles. The van der Waals surface area contributed by atoms with Crippen LogP contribution in [0.4, 0.5) is 0 Å². The second-order valence-electron chi connectivity index (χ2n) is 7.22. The molecule has 5 heteroatoms. The number of methoxy groups -OCH3 is 1. The van der Waals surface area contributed by atoms with Crippen LogP contribution >= 0.6 is 15.9 Å². The van der Waals surface area contributed by atoms with Crippen LogP contribution in [-0.4, -0.2) is 17.9 Å². The second-order valence-corrected chi connectivity index (χ2v) is 8.07. The van der Waals surface area contributed by atoms with E-state index in [0.717, 1.165) is 32.6 Å². The average molecular weight is 451 g/mol. The lowest BCUT2D eigenvalue weighted by molar-refractivity contribution is 0.406. The highest BCUT2D eigenvalue weighted by molar-refractivity contribution is 9.10. The number of halogens is 1. The molecule has 1 aliphatic rings. The molecule has 1 heterocycles. The molecule has 2 atom stereocenters. The molecule has 0 bridgehead atoms. The summed E-state index contributed by atoms with van der Waals surface area (Å²) in [5, 5.41) is 14.0. The molecular formula is C24H23BrN2O2. The van der Waals surface area contributed by atoms with E-state index in [2.05, 4.69) is 52.4 Å². The molecule has 29 heavy (non-hydrogen) atoms. The maximum absolute atomic E-state index is 10.4. The molecule has 0 aliphatic carbocycles. The summed E-state index contributed by atoms with van der Waals surface area (Å²) in [4.78, 5) is 5.02. The third kappa shape index (κ3) is 4.21. The van der Waals surface area contributed by atoms with Crippen molar-refractivity contribution >= 4 is 21.6 Å². The zero-order valence-corrected chi connectivity index (χ0v) is 18.0. The van der Waals surface area contributed by atoms with Gasteiger partial charge in [-0.2, -0.15) is 0 Å². The zero-order chi connectivity index (χ0) is 20.4. The predicted molar refractivity (Wildman–Crippen MR) is 120 cm³/mol. The van der Waals surface area contributed by atoms with Gasteiger partial charge in [-0.05, 0) is 52.2 Å². The summed E-state index contributed by atoms with van der Waals surface area (Å²) in [7, 11) is 1.65. The van der Waals surface area contributed by atoms with Gasteiger partial charge < -0.3 is 9.84 Å². The maximum Gasteiger partial charge on any atom is 0.133 e. The number of benzene rings is 3. The number of phenolic OH excluding ortho intramolecular Hbond substituents is 1. The van der Waals surface area contributed by atoms with E-state index in [-0.39, 0.29) is 12.2 Å². The Morgan fingerprint density at radius 1 is 1.07 bits per heavy atom. The smallest absolute Gasteiger partial charge is 0.133 e. The fraction of sp³-hybridized carbons (Fsp3) is 0.208. The quantitative estimate of drug-likeness (QED) is 0.536. The van der Waals surface area contributed by atoms with E-state index in [1.165, 1.54) is 5.56 Å². The molecule has 3 aromatic rings. The van der Waals surface area contributed by atoms with E-state index in [0.29, 0.717) is 12.2 Å². The molecule has 0 spiro atoms. The number of hydrogen-bond donors (Lipinski definition) is 2. The fourth-order valence-corrected chi connectivity index (χ4v) is 4.19. The number of aliphatic imine (C=N–C) groups is 1. The van der Waals surface area contributed by atoms with Gasteiger partial charge in [0.05, 0.1) is 11.6 Å². The van der Waals surface area contributed by atoms with Crippen LogP contribution in [-0.2, 0) is 0 Å². The van der Waals surface area contributed by atoms with E-state index < -0.39 is 0 Å². The van der Waals surface area contributed by atoms with Crippen LogP contribution in [0.1, 0.15) is 40.9 Å². The van der Waals surface area contributed by atoms with Gasteiger partial charge in [-0.3, -0.25) is 10.3 Å². The predicted octanol–water partition coefficient (Wildman–Crippen LogP) is 5.69. The largest absolute Gasteiger partial charge is 0.508 e. The topological polar surface area (TPSA) is 53.9 Å². The first kappa shape index (κ1) is 19.7. The summed E-state index contributed by atoms with van der Waals surface area (Å²) in [5.74, 6) is 1.08. The van der Waals surface area contributed by atoms with Crippen LogP contribution < -0.4 is 10.1 Å². The number of para-hydroxylation sites is 1. The maximum atomic E-state index is 10.4. The van der Waals surface area contributed by atoms with Gasteiger partial charge in [-0.1, -0.05) is 54.1 Å². The first-order chi connectivity index (χ1) is 14.0. The van der Waals surface area contributed by atoms with E-state index >= 15 is 0 Å². The second kappa shape index (κ2) is 8.39. The monoisotopic (exact) mass is 450 g/mol. The van der Waals surface area contributed by atoms with Gasteiger partial charge in [-0.25, -0.2) is 0 Å². The van der Waals surface area contributed by atoms with Crippen molar-refractivity contribution in [3.63, 3.8) is 0 Å². The minimum atomic E-state index is -0.230. The van der Waals surface area contributed by atoms with Crippen molar-refractivity contribution in [2.45, 2.75) is 25.6 Å². The van der Waals surface area contributed by atoms with Crippen molar-refractivity contribution in [3.05, 3.63) is 93.5 Å². The summed E-state index contributed by atoms with van der Waals surface area (Å²) in [5.41, 5.74) is 5.26. The molecule has 0 fully saturated rings. The van der Waals surface area contributed by atoms with Crippen molar-refractivity contribution in [2.24, 2.45) is 4.99 Å². The molecule has 0 amide bonds. The number of rotatable bonds is 4. The Kier molecular flexibility index (Phi) is 5.69. The lowest BCUT2D eigenvalue weighted by Crippen LogP contribution is -2.33. The normalized spacial score (nSPS) is 18.9. The molecule has 0 saturated heterocycles. The zero-order valence-electron chi connectivity index (χ0n) is 16.4. The van der Waals surface area contributed by atoms with Crippen molar-refractivity contribution in [2.75, 3.05) is 7.11 Å². The highest BCUT2D eigenvalue weighted by Gasteiger charge is 2.27. The molecule has 0 radical (unpaired) electrons. The third-order valence-electron chi connectivity index (χ3n) is 5.23. The van der Waals surface area contributed by atoms with Crippen LogP contribution in [0.5, 0.6) is 11.5 Å². The van der Waals surface area contributed by atoms with Gasteiger partial charge >= 0.3 is 0 Å². The van der Waals surface area contributed by atoms with Crippen LogP contribution in [0.3, 0.4) is 0 Å². The van der Waals surface area contributed by atoms with Gasteiger partial charge in [-0.15, -0.1) is 0 Å². The third-order valence-corrected chi connectivity index (χ3v) is 5.85. The first-order valence-electron chi connectivity index (χ1n) is 9.56. The summed E-state index contributed by atoms with van der Waals surface area (Å²) in [6.07, 6.45) is 0.473. The first-order valence-corrected chi connectivity index (χ1v) is 10.4. The van der Waals surface area contributed by atoms with Crippen LogP contribution in [0.2, 0.25) is 0 Å². The van der Waals surface area contributed by atoms with Crippen molar-refractivity contribution in [3.8, 4) is 11.5 Å². The van der Waals surface area contributed by atoms with E-state index in [1.807, 2.05) is 36.4 Å². The van der Waals surface area contributed by atoms with Crippen LogP contribution in [0, 0.1) is 6.92 Å². The Balaban J connectivity index is 1.76. The van der Waals surface area contributed by atoms with Crippen molar-refractivity contribution in [1.29, 1.82) is 0 Å². The SMILES string of the molecule is COc1ccc([C@H]2N=C(c3ccc(C)cc3)C[C@@H](c3ccccc3O)N2)cc1Br. The molecule has 1 aliphatic heterocycles. The fourth-order valence-electron chi connectivity index (χ4n) is 3.63. The molecule has 3 aromatic carbocycles. The standard InChI is InChI=1S/C24H23BrN2O2/c1-15-7-9-16(10-8-15)20-14-21(18-5-3-4-6-22(18)28)27-24(26-20)17-11-12-23(29-2)19(25)13-17/h3-13,21,24,27-28H,14H2,1-2H3/t21-,24-/m0/s1. The number of nitrogens with one attached hydrogen (secondary N) is 1.